The van der Waals surface area contributed by atoms with Gasteiger partial charge in [-0.05, 0) is 24.5 Å². The van der Waals surface area contributed by atoms with Gasteiger partial charge in [0.1, 0.15) is 5.82 Å². The Morgan fingerprint density at radius 1 is 1.27 bits per heavy atom. The predicted octanol–water partition coefficient (Wildman–Crippen LogP) is 2.64. The Labute approximate surface area is 153 Å². The molecule has 0 N–H and O–H groups in total. The summed E-state index contributed by atoms with van der Waals surface area (Å²) in [5.41, 5.74) is 3.42. The minimum Gasteiger partial charge on any atom is -0.331 e. The molecule has 4 rings (SSSR count). The molecule has 3 aromatic rings. The number of aromatic nitrogens is 4. The molecule has 1 aliphatic rings. The minimum absolute atomic E-state index is 0.0420. The predicted molar refractivity (Wildman–Crippen MR) is 98.2 cm³/mol. The molecule has 134 valence electrons. The van der Waals surface area contributed by atoms with Crippen LogP contribution in [0.4, 0.5) is 0 Å². The van der Waals surface area contributed by atoms with Crippen molar-refractivity contribution in [2.45, 2.75) is 38.9 Å². The van der Waals surface area contributed by atoms with Crippen molar-refractivity contribution in [3.63, 3.8) is 0 Å². The summed E-state index contributed by atoms with van der Waals surface area (Å²) in [5.74, 6) is 1.11. The molecule has 0 radical (unpaired) electrons. The number of carbonyl (C=O) groups excluding carboxylic acids is 1. The Morgan fingerprint density at radius 3 is 2.81 bits per heavy atom. The fourth-order valence-corrected chi connectivity index (χ4v) is 3.60. The zero-order chi connectivity index (χ0) is 18.1. The van der Waals surface area contributed by atoms with Crippen molar-refractivity contribution in [2.24, 2.45) is 7.05 Å². The molecule has 6 nitrogen and oxygen atoms in total. The Bertz CT molecular complexity index is 911. The maximum absolute atomic E-state index is 13.1. The van der Waals surface area contributed by atoms with Crippen LogP contribution in [0.5, 0.6) is 0 Å². The second-order valence-corrected chi connectivity index (χ2v) is 6.82. The third-order valence-corrected chi connectivity index (χ3v) is 5.31. The highest BCUT2D eigenvalue weighted by atomic mass is 16.2. The summed E-state index contributed by atoms with van der Waals surface area (Å²) in [6, 6.07) is 10.3. The van der Waals surface area contributed by atoms with Crippen LogP contribution in [0.25, 0.3) is 0 Å². The van der Waals surface area contributed by atoms with E-state index in [0.29, 0.717) is 19.4 Å². The van der Waals surface area contributed by atoms with Gasteiger partial charge in [0.2, 0.25) is 5.91 Å². The molecular weight excluding hydrogens is 326 g/mol. The molecule has 0 saturated heterocycles. The zero-order valence-electron chi connectivity index (χ0n) is 15.2. The number of aryl methyl sites for hydroxylation is 2. The van der Waals surface area contributed by atoms with Crippen molar-refractivity contribution in [1.29, 1.82) is 0 Å². The van der Waals surface area contributed by atoms with E-state index in [1.165, 1.54) is 0 Å². The fraction of sp³-hybridized carbons (Fsp3) is 0.350. The fourth-order valence-electron chi connectivity index (χ4n) is 3.60. The van der Waals surface area contributed by atoms with E-state index in [9.17, 15) is 4.79 Å². The van der Waals surface area contributed by atoms with Gasteiger partial charge < -0.3 is 9.47 Å². The van der Waals surface area contributed by atoms with Gasteiger partial charge in [0, 0.05) is 38.1 Å². The van der Waals surface area contributed by atoms with E-state index in [2.05, 4.69) is 26.8 Å². The first-order valence-corrected chi connectivity index (χ1v) is 8.95. The molecule has 0 unspecified atom stereocenters. The lowest BCUT2D eigenvalue weighted by Gasteiger charge is -2.36. The molecule has 1 amide bonds. The average molecular weight is 349 g/mol. The second-order valence-electron chi connectivity index (χ2n) is 6.82. The van der Waals surface area contributed by atoms with Gasteiger partial charge in [0.25, 0.3) is 0 Å². The van der Waals surface area contributed by atoms with E-state index in [0.717, 1.165) is 29.2 Å². The number of hydrogen-bond donors (Lipinski definition) is 0. The number of nitrogens with zero attached hydrogens (tertiary/aromatic N) is 5. The summed E-state index contributed by atoms with van der Waals surface area (Å²) in [6.45, 7) is 3.34. The number of hydrogen-bond acceptors (Lipinski definition) is 3. The molecule has 0 bridgehead atoms. The minimum atomic E-state index is 0.0420. The summed E-state index contributed by atoms with van der Waals surface area (Å²) in [4.78, 5) is 19.5. The summed E-state index contributed by atoms with van der Waals surface area (Å²) in [6.07, 6.45) is 6.86. The summed E-state index contributed by atoms with van der Waals surface area (Å²) in [7, 11) is 1.93. The Kier molecular flexibility index (Phi) is 4.32. The van der Waals surface area contributed by atoms with Gasteiger partial charge >= 0.3 is 0 Å². The average Bonchev–Trinajstić information content (AvgIpc) is 3.26. The number of amides is 1. The Balaban J connectivity index is 1.55. The van der Waals surface area contributed by atoms with E-state index in [-0.39, 0.29) is 11.9 Å². The number of imidazole rings is 1. The molecule has 3 heterocycles. The lowest BCUT2D eigenvalue weighted by atomic mass is 10.0. The molecule has 0 fully saturated rings. The summed E-state index contributed by atoms with van der Waals surface area (Å²) in [5, 5.41) is 4.27. The first-order valence-electron chi connectivity index (χ1n) is 8.95. The first-order chi connectivity index (χ1) is 12.6. The largest absolute Gasteiger partial charge is 0.331 e. The molecule has 0 spiro atoms. The van der Waals surface area contributed by atoms with Crippen molar-refractivity contribution < 1.29 is 4.79 Å². The van der Waals surface area contributed by atoms with Crippen molar-refractivity contribution in [3.05, 3.63) is 71.6 Å². The van der Waals surface area contributed by atoms with Gasteiger partial charge in [0.15, 0.2) is 0 Å². The molecule has 2 aromatic heterocycles. The van der Waals surface area contributed by atoms with Gasteiger partial charge in [-0.15, -0.1) is 0 Å². The van der Waals surface area contributed by atoms with Crippen LogP contribution in [-0.2, 0) is 31.4 Å². The highest BCUT2D eigenvalue weighted by Crippen LogP contribution is 2.30. The standard InChI is InChI=1S/C20H23N5O/c1-15-17(12-22-23(15)2)8-9-20(26)25-14-19-21-10-11-24(19)13-18(25)16-6-4-3-5-7-16/h3-7,10-12,18H,8-9,13-14H2,1-2H3/t18-/m0/s1. The lowest BCUT2D eigenvalue weighted by molar-refractivity contribution is -0.135. The van der Waals surface area contributed by atoms with E-state index in [1.807, 2.05) is 60.3 Å². The van der Waals surface area contributed by atoms with Crippen LogP contribution in [0.3, 0.4) is 0 Å². The molecule has 6 heteroatoms. The van der Waals surface area contributed by atoms with Crippen LogP contribution in [-0.4, -0.2) is 30.1 Å². The number of benzene rings is 1. The van der Waals surface area contributed by atoms with Crippen molar-refractivity contribution >= 4 is 5.91 Å². The maximum Gasteiger partial charge on any atom is 0.223 e. The van der Waals surface area contributed by atoms with Crippen LogP contribution < -0.4 is 0 Å². The summed E-state index contributed by atoms with van der Waals surface area (Å²) >= 11 is 0. The van der Waals surface area contributed by atoms with Gasteiger partial charge in [-0.25, -0.2) is 4.98 Å². The molecule has 0 saturated carbocycles. The van der Waals surface area contributed by atoms with Crippen molar-refractivity contribution in [3.8, 4) is 0 Å². The molecular formula is C20H23N5O. The summed E-state index contributed by atoms with van der Waals surface area (Å²) < 4.78 is 4.00. The third-order valence-electron chi connectivity index (χ3n) is 5.31. The molecule has 26 heavy (non-hydrogen) atoms. The van der Waals surface area contributed by atoms with Crippen LogP contribution >= 0.6 is 0 Å². The van der Waals surface area contributed by atoms with E-state index in [4.69, 9.17) is 0 Å². The molecule has 1 aliphatic heterocycles. The van der Waals surface area contributed by atoms with Gasteiger partial charge in [0.05, 0.1) is 18.8 Å². The molecule has 0 aliphatic carbocycles. The zero-order valence-corrected chi connectivity index (χ0v) is 15.2. The van der Waals surface area contributed by atoms with E-state index in [1.54, 1.807) is 0 Å². The van der Waals surface area contributed by atoms with Crippen LogP contribution in [0, 0.1) is 6.92 Å². The van der Waals surface area contributed by atoms with E-state index < -0.39 is 0 Å². The normalized spacial score (nSPS) is 16.5. The highest BCUT2D eigenvalue weighted by Gasteiger charge is 2.31. The lowest BCUT2D eigenvalue weighted by Crippen LogP contribution is -2.41. The monoisotopic (exact) mass is 349 g/mol. The van der Waals surface area contributed by atoms with Crippen LogP contribution in [0.15, 0.2) is 48.9 Å². The van der Waals surface area contributed by atoms with Crippen LogP contribution in [0.2, 0.25) is 0 Å². The van der Waals surface area contributed by atoms with Crippen molar-refractivity contribution in [1.82, 2.24) is 24.2 Å². The van der Waals surface area contributed by atoms with Gasteiger partial charge in [-0.1, -0.05) is 30.3 Å². The van der Waals surface area contributed by atoms with Crippen molar-refractivity contribution in [2.75, 3.05) is 0 Å². The SMILES string of the molecule is Cc1c(CCC(=O)N2Cc3nccn3C[C@H]2c2ccccc2)cnn1C. The van der Waals surface area contributed by atoms with E-state index >= 15 is 0 Å². The van der Waals surface area contributed by atoms with Gasteiger partial charge in [-0.2, -0.15) is 5.10 Å². The third kappa shape index (κ3) is 3.03. The smallest absolute Gasteiger partial charge is 0.223 e. The Hall–Kier alpha value is -2.89. The number of carbonyl (C=O) groups is 1. The number of rotatable bonds is 4. The maximum atomic E-state index is 13.1. The second kappa shape index (κ2) is 6.78. The number of fused-ring (bicyclic) bond motifs is 1. The Morgan fingerprint density at radius 2 is 2.08 bits per heavy atom. The highest BCUT2D eigenvalue weighted by molar-refractivity contribution is 5.77. The quantitative estimate of drug-likeness (QED) is 0.728. The van der Waals surface area contributed by atoms with Gasteiger partial charge in [-0.3, -0.25) is 9.48 Å². The van der Waals surface area contributed by atoms with Crippen LogP contribution in [0.1, 0.15) is 35.1 Å². The first kappa shape index (κ1) is 16.6. The molecule has 1 aromatic carbocycles. The molecule has 1 atom stereocenters. The topological polar surface area (TPSA) is 56.0 Å².